The summed E-state index contributed by atoms with van der Waals surface area (Å²) in [6.45, 7) is 5.12. The maximum Gasteiger partial charge on any atom is 0.251 e. The first-order valence-electron chi connectivity index (χ1n) is 11.2. The van der Waals surface area contributed by atoms with Gasteiger partial charge in [0.2, 0.25) is 6.39 Å². The van der Waals surface area contributed by atoms with Crippen molar-refractivity contribution < 1.29 is 18.6 Å². The highest BCUT2D eigenvalue weighted by Crippen LogP contribution is 2.37. The molecule has 1 fully saturated rings. The maximum absolute atomic E-state index is 5.52. The molecular weight excluding hydrogens is 434 g/mol. The zero-order chi connectivity index (χ0) is 23.3. The number of hydrogen-bond donors (Lipinski definition) is 1. The van der Waals surface area contributed by atoms with E-state index >= 15 is 0 Å². The number of ether oxygens (including phenoxy) is 3. The summed E-state index contributed by atoms with van der Waals surface area (Å²) in [7, 11) is 3.27. The van der Waals surface area contributed by atoms with Gasteiger partial charge < -0.3 is 23.9 Å². The number of hydrogen-bond acceptors (Lipinski definition) is 9. The van der Waals surface area contributed by atoms with Gasteiger partial charge in [-0.1, -0.05) is 12.1 Å². The third-order valence-electron chi connectivity index (χ3n) is 6.01. The van der Waals surface area contributed by atoms with Gasteiger partial charge in [-0.15, -0.1) is 10.2 Å². The quantitative estimate of drug-likeness (QED) is 0.421. The van der Waals surface area contributed by atoms with Crippen molar-refractivity contribution in [2.45, 2.75) is 0 Å². The standard InChI is InChI=1S/C25H27N5O4/c1-31-22-6-4-18(14-23(22)32-2)17-3-5-21-19(13-17)24(20(15-27-21)25-29-28-16-34-25)26-7-8-30-9-11-33-12-10-30/h3-6,13-16H,7-12H2,1-2H3,(H,26,27). The van der Waals surface area contributed by atoms with Crippen LogP contribution in [0.25, 0.3) is 33.5 Å². The number of aromatic nitrogens is 3. The van der Waals surface area contributed by atoms with Crippen LogP contribution in [0.4, 0.5) is 5.69 Å². The molecule has 0 amide bonds. The van der Waals surface area contributed by atoms with Crippen LogP contribution in [0.1, 0.15) is 0 Å². The van der Waals surface area contributed by atoms with Crippen LogP contribution in [0.5, 0.6) is 11.5 Å². The lowest BCUT2D eigenvalue weighted by Gasteiger charge is -2.27. The predicted octanol–water partition coefficient (Wildman–Crippen LogP) is 3.71. The van der Waals surface area contributed by atoms with E-state index in [0.29, 0.717) is 17.4 Å². The molecule has 2 aromatic heterocycles. The Bertz CT molecular complexity index is 1260. The Morgan fingerprint density at radius 2 is 1.79 bits per heavy atom. The second-order valence-electron chi connectivity index (χ2n) is 7.97. The van der Waals surface area contributed by atoms with Gasteiger partial charge in [-0.2, -0.15) is 0 Å². The molecule has 1 N–H and O–H groups in total. The minimum absolute atomic E-state index is 0.430. The van der Waals surface area contributed by atoms with Crippen LogP contribution < -0.4 is 14.8 Å². The molecule has 9 nitrogen and oxygen atoms in total. The number of benzene rings is 2. The van der Waals surface area contributed by atoms with Gasteiger partial charge in [0.05, 0.1) is 44.2 Å². The van der Waals surface area contributed by atoms with Gasteiger partial charge in [-0.05, 0) is 35.4 Å². The minimum Gasteiger partial charge on any atom is -0.493 e. The number of nitrogens with zero attached hydrogens (tertiary/aromatic N) is 4. The Hall–Kier alpha value is -3.69. The van der Waals surface area contributed by atoms with Crippen molar-refractivity contribution in [1.82, 2.24) is 20.1 Å². The number of morpholine rings is 1. The number of methoxy groups -OCH3 is 2. The van der Waals surface area contributed by atoms with Gasteiger partial charge >= 0.3 is 0 Å². The summed E-state index contributed by atoms with van der Waals surface area (Å²) in [4.78, 5) is 7.04. The molecular formula is C25H27N5O4. The molecule has 0 atom stereocenters. The van der Waals surface area contributed by atoms with Crippen LogP contribution in [-0.4, -0.2) is 73.7 Å². The highest BCUT2D eigenvalue weighted by molar-refractivity contribution is 6.00. The van der Waals surface area contributed by atoms with Gasteiger partial charge in [-0.3, -0.25) is 9.88 Å². The number of nitrogens with one attached hydrogen (secondary N) is 1. The summed E-state index contributed by atoms with van der Waals surface area (Å²) in [6, 6.07) is 12.1. The van der Waals surface area contributed by atoms with Crippen molar-refractivity contribution in [2.75, 3.05) is 58.9 Å². The number of anilines is 1. The van der Waals surface area contributed by atoms with E-state index in [0.717, 1.165) is 72.7 Å². The Morgan fingerprint density at radius 1 is 1.00 bits per heavy atom. The first-order valence-corrected chi connectivity index (χ1v) is 11.2. The predicted molar refractivity (Wildman–Crippen MR) is 129 cm³/mol. The van der Waals surface area contributed by atoms with Crippen molar-refractivity contribution in [3.63, 3.8) is 0 Å². The average molecular weight is 462 g/mol. The molecule has 1 aliphatic heterocycles. The zero-order valence-electron chi connectivity index (χ0n) is 19.3. The normalized spacial score (nSPS) is 14.3. The molecule has 0 unspecified atom stereocenters. The second-order valence-corrected chi connectivity index (χ2v) is 7.97. The molecule has 1 saturated heterocycles. The highest BCUT2D eigenvalue weighted by Gasteiger charge is 2.17. The van der Waals surface area contributed by atoms with E-state index in [1.165, 1.54) is 6.39 Å². The highest BCUT2D eigenvalue weighted by atomic mass is 16.5. The van der Waals surface area contributed by atoms with Gasteiger partial charge in [-0.25, -0.2) is 0 Å². The molecule has 9 heteroatoms. The fourth-order valence-corrected chi connectivity index (χ4v) is 4.19. The lowest BCUT2D eigenvalue weighted by Crippen LogP contribution is -2.39. The minimum atomic E-state index is 0.430. The lowest BCUT2D eigenvalue weighted by atomic mass is 10.0. The van der Waals surface area contributed by atoms with Gasteiger partial charge in [0.1, 0.15) is 0 Å². The van der Waals surface area contributed by atoms with Crippen LogP contribution in [0.15, 0.2) is 53.4 Å². The third-order valence-corrected chi connectivity index (χ3v) is 6.01. The molecule has 0 saturated carbocycles. The average Bonchev–Trinajstić information content (AvgIpc) is 3.43. The largest absolute Gasteiger partial charge is 0.493 e. The maximum atomic E-state index is 5.52. The molecule has 34 heavy (non-hydrogen) atoms. The van der Waals surface area contributed by atoms with E-state index in [9.17, 15) is 0 Å². The van der Waals surface area contributed by atoms with Crippen LogP contribution in [-0.2, 0) is 4.74 Å². The summed E-state index contributed by atoms with van der Waals surface area (Å²) < 4.78 is 21.9. The van der Waals surface area contributed by atoms with E-state index in [4.69, 9.17) is 18.6 Å². The van der Waals surface area contributed by atoms with E-state index in [-0.39, 0.29) is 0 Å². The molecule has 0 bridgehead atoms. The summed E-state index contributed by atoms with van der Waals surface area (Å²) in [5, 5.41) is 12.6. The molecule has 1 aliphatic rings. The van der Waals surface area contributed by atoms with Crippen LogP contribution in [0, 0.1) is 0 Å². The van der Waals surface area contributed by atoms with Crippen molar-refractivity contribution in [3.8, 4) is 34.1 Å². The Labute approximate surface area is 197 Å². The molecule has 5 rings (SSSR count). The van der Waals surface area contributed by atoms with Crippen LogP contribution in [0.3, 0.4) is 0 Å². The Morgan fingerprint density at radius 3 is 2.56 bits per heavy atom. The number of rotatable bonds is 8. The first-order chi connectivity index (χ1) is 16.8. The molecule has 4 aromatic rings. The molecule has 0 aliphatic carbocycles. The molecule has 0 radical (unpaired) electrons. The number of pyridine rings is 1. The molecule has 0 spiro atoms. The fraction of sp³-hybridized carbons (Fsp3) is 0.320. The smallest absolute Gasteiger partial charge is 0.251 e. The summed E-state index contributed by atoms with van der Waals surface area (Å²) >= 11 is 0. The SMILES string of the molecule is COc1ccc(-c2ccc3ncc(-c4nnco4)c(NCCN4CCOCC4)c3c2)cc1OC. The van der Waals surface area contributed by atoms with E-state index in [2.05, 4.69) is 37.5 Å². The van der Waals surface area contributed by atoms with Crippen molar-refractivity contribution in [2.24, 2.45) is 0 Å². The molecule has 2 aromatic carbocycles. The monoisotopic (exact) mass is 461 g/mol. The Kier molecular flexibility index (Phi) is 6.55. The van der Waals surface area contributed by atoms with E-state index in [1.54, 1.807) is 20.4 Å². The summed E-state index contributed by atoms with van der Waals surface area (Å²) in [5.41, 5.74) is 4.62. The summed E-state index contributed by atoms with van der Waals surface area (Å²) in [5.74, 6) is 1.80. The van der Waals surface area contributed by atoms with Crippen LogP contribution >= 0.6 is 0 Å². The topological polar surface area (TPSA) is 94.8 Å². The van der Waals surface area contributed by atoms with Crippen molar-refractivity contribution in [1.29, 1.82) is 0 Å². The number of fused-ring (bicyclic) bond motifs is 1. The van der Waals surface area contributed by atoms with Crippen molar-refractivity contribution in [3.05, 3.63) is 49.0 Å². The molecule has 3 heterocycles. The summed E-state index contributed by atoms with van der Waals surface area (Å²) in [6.07, 6.45) is 3.11. The zero-order valence-corrected chi connectivity index (χ0v) is 19.3. The van der Waals surface area contributed by atoms with E-state index in [1.807, 2.05) is 24.3 Å². The van der Waals surface area contributed by atoms with Crippen LogP contribution in [0.2, 0.25) is 0 Å². The third kappa shape index (κ3) is 4.52. The second kappa shape index (κ2) is 10.1. The van der Waals surface area contributed by atoms with Gasteiger partial charge in [0, 0.05) is 37.8 Å². The fourth-order valence-electron chi connectivity index (χ4n) is 4.19. The van der Waals surface area contributed by atoms with Crippen molar-refractivity contribution >= 4 is 16.6 Å². The van der Waals surface area contributed by atoms with Gasteiger partial charge in [0.15, 0.2) is 11.5 Å². The lowest BCUT2D eigenvalue weighted by molar-refractivity contribution is 0.0398. The van der Waals surface area contributed by atoms with Gasteiger partial charge in [0.25, 0.3) is 5.89 Å². The van der Waals surface area contributed by atoms with E-state index < -0.39 is 0 Å². The molecule has 176 valence electrons. The first kappa shape index (κ1) is 22.1. The Balaban J connectivity index is 1.53.